The largest absolute Gasteiger partial charge is 0.382 e. The molecule has 26 heavy (non-hydrogen) atoms. The Bertz CT molecular complexity index is 883. The fraction of sp³-hybridized carbons (Fsp3) is 0.316. The number of amides is 1. The van der Waals surface area contributed by atoms with Crippen molar-refractivity contribution in [3.8, 4) is 5.75 Å². The number of para-hydroxylation sites is 1. The Morgan fingerprint density at radius 3 is 2.50 bits per heavy atom. The van der Waals surface area contributed by atoms with E-state index in [9.17, 15) is 17.6 Å². The summed E-state index contributed by atoms with van der Waals surface area (Å²) in [5, 5.41) is 0. The van der Waals surface area contributed by atoms with Crippen LogP contribution in [-0.2, 0) is 16.7 Å². The van der Waals surface area contributed by atoms with Crippen LogP contribution in [0.1, 0.15) is 36.2 Å². The lowest BCUT2D eigenvalue weighted by atomic mass is 10.1. The zero-order chi connectivity index (χ0) is 19.3. The fourth-order valence-electron chi connectivity index (χ4n) is 2.50. The minimum Gasteiger partial charge on any atom is -0.382 e. The van der Waals surface area contributed by atoms with Crippen molar-refractivity contribution in [2.75, 3.05) is 6.26 Å². The molecule has 0 aliphatic carbocycles. The predicted molar refractivity (Wildman–Crippen MR) is 97.9 cm³/mol. The summed E-state index contributed by atoms with van der Waals surface area (Å²) >= 11 is 0. The molecule has 2 aromatic carbocycles. The molecular weight excluding hydrogens is 357 g/mol. The van der Waals surface area contributed by atoms with Gasteiger partial charge in [0, 0.05) is 23.7 Å². The summed E-state index contributed by atoms with van der Waals surface area (Å²) in [6.45, 7) is 3.97. The third-order valence-electron chi connectivity index (χ3n) is 4.01. The molecule has 0 aliphatic heterocycles. The second-order valence-electron chi connectivity index (χ2n) is 6.10. The molecule has 0 bridgehead atoms. The van der Waals surface area contributed by atoms with Crippen LogP contribution in [0.4, 0.5) is 4.39 Å². The summed E-state index contributed by atoms with van der Waals surface area (Å²) in [5.41, 5.74) is 0.801. The van der Waals surface area contributed by atoms with Gasteiger partial charge in [0.1, 0.15) is 11.6 Å². The summed E-state index contributed by atoms with van der Waals surface area (Å²) in [5.74, 6) is -0.635. The molecule has 1 amide bonds. The van der Waals surface area contributed by atoms with Crippen molar-refractivity contribution in [1.29, 1.82) is 0 Å². The Hall–Kier alpha value is -2.41. The van der Waals surface area contributed by atoms with E-state index in [0.29, 0.717) is 12.0 Å². The smallest absolute Gasteiger partial charge is 0.306 e. The van der Waals surface area contributed by atoms with E-state index in [1.165, 1.54) is 24.3 Å². The first-order chi connectivity index (χ1) is 12.2. The fourth-order valence-corrected chi connectivity index (χ4v) is 2.99. The zero-order valence-corrected chi connectivity index (χ0v) is 15.8. The van der Waals surface area contributed by atoms with E-state index in [4.69, 9.17) is 4.18 Å². The van der Waals surface area contributed by atoms with Crippen LogP contribution in [0.2, 0.25) is 0 Å². The molecule has 0 radical (unpaired) electrons. The van der Waals surface area contributed by atoms with Gasteiger partial charge in [-0.05, 0) is 37.6 Å². The van der Waals surface area contributed by atoms with Crippen LogP contribution in [-0.4, -0.2) is 31.5 Å². The number of carbonyl (C=O) groups is 1. The maximum Gasteiger partial charge on any atom is 0.306 e. The van der Waals surface area contributed by atoms with Crippen LogP contribution in [0.15, 0.2) is 48.5 Å². The van der Waals surface area contributed by atoms with Gasteiger partial charge in [0.05, 0.1) is 6.26 Å². The molecular formula is C19H22FNO4S. The van der Waals surface area contributed by atoms with E-state index < -0.39 is 15.9 Å². The lowest BCUT2D eigenvalue weighted by Gasteiger charge is -2.29. The number of halogens is 1. The van der Waals surface area contributed by atoms with E-state index in [0.717, 1.165) is 6.26 Å². The number of carbonyl (C=O) groups excluding carboxylic acids is 1. The molecule has 0 saturated carbocycles. The summed E-state index contributed by atoms with van der Waals surface area (Å²) in [6.07, 6.45) is 1.66. The number of hydrogen-bond donors (Lipinski definition) is 0. The summed E-state index contributed by atoms with van der Waals surface area (Å²) in [4.78, 5) is 14.5. The Balaban J connectivity index is 2.36. The molecule has 0 saturated heterocycles. The van der Waals surface area contributed by atoms with E-state index in [1.807, 2.05) is 13.8 Å². The number of hydrogen-bond acceptors (Lipinski definition) is 4. The van der Waals surface area contributed by atoms with Crippen molar-refractivity contribution in [3.05, 3.63) is 65.5 Å². The van der Waals surface area contributed by atoms with Crippen molar-refractivity contribution in [2.24, 2.45) is 0 Å². The maximum absolute atomic E-state index is 13.5. The Morgan fingerprint density at radius 2 is 1.88 bits per heavy atom. The molecule has 0 spiro atoms. The highest BCUT2D eigenvalue weighted by Gasteiger charge is 2.23. The van der Waals surface area contributed by atoms with Gasteiger partial charge in [0.15, 0.2) is 0 Å². The molecule has 0 N–H and O–H groups in total. The van der Waals surface area contributed by atoms with E-state index in [2.05, 4.69) is 0 Å². The van der Waals surface area contributed by atoms with Crippen LogP contribution < -0.4 is 4.18 Å². The molecule has 0 aliphatic rings. The van der Waals surface area contributed by atoms with Crippen molar-refractivity contribution in [2.45, 2.75) is 32.9 Å². The van der Waals surface area contributed by atoms with Crippen LogP contribution in [0.3, 0.4) is 0 Å². The molecule has 2 rings (SSSR count). The predicted octanol–water partition coefficient (Wildman–Crippen LogP) is 3.61. The van der Waals surface area contributed by atoms with Gasteiger partial charge in [-0.1, -0.05) is 31.2 Å². The molecule has 140 valence electrons. The van der Waals surface area contributed by atoms with Gasteiger partial charge in [-0.2, -0.15) is 8.42 Å². The quantitative estimate of drug-likeness (QED) is 0.690. The molecule has 0 unspecified atom stereocenters. The average Bonchev–Trinajstić information content (AvgIpc) is 2.58. The maximum atomic E-state index is 13.5. The molecule has 2 aromatic rings. The normalized spacial score (nSPS) is 12.5. The monoisotopic (exact) mass is 379 g/mol. The second kappa shape index (κ2) is 8.31. The SMILES string of the molecule is CC[C@H](C)N(Cc1ccccc1OS(C)(=O)=O)C(=O)c1cccc(F)c1. The molecule has 1 atom stereocenters. The first kappa shape index (κ1) is 19.9. The topological polar surface area (TPSA) is 63.7 Å². The minimum absolute atomic E-state index is 0.128. The van der Waals surface area contributed by atoms with Gasteiger partial charge in [-0.15, -0.1) is 0 Å². The van der Waals surface area contributed by atoms with Gasteiger partial charge >= 0.3 is 10.1 Å². The highest BCUT2D eigenvalue weighted by molar-refractivity contribution is 7.86. The highest BCUT2D eigenvalue weighted by atomic mass is 32.2. The minimum atomic E-state index is -3.69. The Labute approximate surface area is 153 Å². The van der Waals surface area contributed by atoms with Crippen LogP contribution in [0.5, 0.6) is 5.75 Å². The molecule has 5 nitrogen and oxygen atoms in total. The lowest BCUT2D eigenvalue weighted by molar-refractivity contribution is 0.0670. The van der Waals surface area contributed by atoms with Crippen molar-refractivity contribution >= 4 is 16.0 Å². The van der Waals surface area contributed by atoms with E-state index >= 15 is 0 Å². The first-order valence-corrected chi connectivity index (χ1v) is 10.1. The standard InChI is InChI=1S/C19H22FNO4S/c1-4-14(2)21(19(22)15-9-7-10-17(20)12-15)13-16-8-5-6-11-18(16)25-26(3,23)24/h5-12,14H,4,13H2,1-3H3/t14-/m0/s1. The van der Waals surface area contributed by atoms with Crippen molar-refractivity contribution < 1.29 is 21.8 Å². The van der Waals surface area contributed by atoms with Crippen molar-refractivity contribution in [1.82, 2.24) is 4.90 Å². The third kappa shape index (κ3) is 5.29. The van der Waals surface area contributed by atoms with Crippen molar-refractivity contribution in [3.63, 3.8) is 0 Å². The second-order valence-corrected chi connectivity index (χ2v) is 7.67. The first-order valence-electron chi connectivity index (χ1n) is 8.25. The van der Waals surface area contributed by atoms with Gasteiger partial charge in [-0.3, -0.25) is 4.79 Å². The molecule has 0 fully saturated rings. The molecule has 0 aromatic heterocycles. The average molecular weight is 379 g/mol. The summed E-state index contributed by atoms with van der Waals surface area (Å²) in [7, 11) is -3.69. The van der Waals surface area contributed by atoms with Gasteiger partial charge in [0.25, 0.3) is 5.91 Å². The third-order valence-corrected chi connectivity index (χ3v) is 4.49. The van der Waals surface area contributed by atoms with Crippen LogP contribution in [0, 0.1) is 5.82 Å². The Kier molecular flexibility index (Phi) is 6.37. The summed E-state index contributed by atoms with van der Waals surface area (Å²) < 4.78 is 41.5. The van der Waals surface area contributed by atoms with E-state index in [1.54, 1.807) is 29.2 Å². The highest BCUT2D eigenvalue weighted by Crippen LogP contribution is 2.24. The molecule has 7 heteroatoms. The Morgan fingerprint density at radius 1 is 1.19 bits per heavy atom. The lowest BCUT2D eigenvalue weighted by Crippen LogP contribution is -2.38. The van der Waals surface area contributed by atoms with Crippen LogP contribution in [0.25, 0.3) is 0 Å². The number of benzene rings is 2. The number of rotatable bonds is 7. The number of nitrogens with zero attached hydrogens (tertiary/aromatic N) is 1. The summed E-state index contributed by atoms with van der Waals surface area (Å²) in [6, 6.07) is 12.0. The van der Waals surface area contributed by atoms with Gasteiger partial charge in [-0.25, -0.2) is 4.39 Å². The van der Waals surface area contributed by atoms with Gasteiger partial charge in [0.2, 0.25) is 0 Å². The molecule has 0 heterocycles. The van der Waals surface area contributed by atoms with Crippen LogP contribution >= 0.6 is 0 Å². The van der Waals surface area contributed by atoms with Gasteiger partial charge < -0.3 is 9.08 Å². The van der Waals surface area contributed by atoms with E-state index in [-0.39, 0.29) is 29.8 Å². The zero-order valence-electron chi connectivity index (χ0n) is 15.0.